The largest absolute Gasteiger partial charge is 0.312 e. The normalized spacial score (nSPS) is 16.1. The summed E-state index contributed by atoms with van der Waals surface area (Å²) < 4.78 is 12.2. The van der Waals surface area contributed by atoms with Crippen molar-refractivity contribution < 1.29 is 4.21 Å². The van der Waals surface area contributed by atoms with Gasteiger partial charge in [-0.25, -0.2) is 0 Å². The van der Waals surface area contributed by atoms with Crippen LogP contribution in [0, 0.1) is 5.92 Å². The van der Waals surface area contributed by atoms with Crippen LogP contribution in [0.3, 0.4) is 0 Å². The Morgan fingerprint density at radius 1 is 1.15 bits per heavy atom. The lowest BCUT2D eigenvalue weighted by molar-refractivity contribution is 0.626. The standard InChI is InChI=1S/C17H29NOS/c1-6-14(4)20(19)12-17(18-5)16-9-7-15(8-10-16)11-13(2)3/h7-10,13-14,17-18H,6,11-12H2,1-5H3. The number of benzene rings is 1. The Kier molecular flexibility index (Phi) is 7.46. The molecule has 2 nitrogen and oxygen atoms in total. The lowest BCUT2D eigenvalue weighted by Gasteiger charge is -2.19. The van der Waals surface area contributed by atoms with Crippen molar-refractivity contribution in [3.63, 3.8) is 0 Å². The number of rotatable bonds is 8. The second-order valence-electron chi connectivity index (χ2n) is 5.95. The van der Waals surface area contributed by atoms with E-state index in [1.165, 1.54) is 11.1 Å². The first-order valence-electron chi connectivity index (χ1n) is 7.61. The third-order valence-corrected chi connectivity index (χ3v) is 5.62. The summed E-state index contributed by atoms with van der Waals surface area (Å²) in [6.45, 7) is 8.63. The molecule has 0 saturated heterocycles. The van der Waals surface area contributed by atoms with Crippen LogP contribution in [0.15, 0.2) is 24.3 Å². The van der Waals surface area contributed by atoms with Crippen LogP contribution in [0.2, 0.25) is 0 Å². The lowest BCUT2D eigenvalue weighted by atomic mass is 10.00. The molecule has 0 amide bonds. The Bertz CT molecular complexity index is 414. The zero-order valence-corrected chi connectivity index (χ0v) is 14.3. The van der Waals surface area contributed by atoms with Gasteiger partial charge in [0.15, 0.2) is 0 Å². The van der Waals surface area contributed by atoms with E-state index in [4.69, 9.17) is 0 Å². The summed E-state index contributed by atoms with van der Waals surface area (Å²) in [5.74, 6) is 1.37. The van der Waals surface area contributed by atoms with Crippen molar-refractivity contribution in [1.82, 2.24) is 5.32 Å². The highest BCUT2D eigenvalue weighted by Crippen LogP contribution is 2.18. The van der Waals surface area contributed by atoms with Crippen LogP contribution in [0.25, 0.3) is 0 Å². The average molecular weight is 295 g/mol. The van der Waals surface area contributed by atoms with Crippen LogP contribution in [-0.4, -0.2) is 22.3 Å². The van der Waals surface area contributed by atoms with E-state index in [1.54, 1.807) is 0 Å². The summed E-state index contributed by atoms with van der Waals surface area (Å²) in [5, 5.41) is 3.56. The first-order chi connectivity index (χ1) is 9.47. The van der Waals surface area contributed by atoms with Crippen LogP contribution in [0.4, 0.5) is 0 Å². The third kappa shape index (κ3) is 5.37. The van der Waals surface area contributed by atoms with Crippen LogP contribution in [-0.2, 0) is 17.2 Å². The zero-order chi connectivity index (χ0) is 15.1. The van der Waals surface area contributed by atoms with E-state index in [9.17, 15) is 4.21 Å². The Labute approximate surface area is 126 Å². The SMILES string of the molecule is CCC(C)S(=O)CC(NC)c1ccc(CC(C)C)cc1. The van der Waals surface area contributed by atoms with Crippen LogP contribution >= 0.6 is 0 Å². The van der Waals surface area contributed by atoms with Gasteiger partial charge in [-0.3, -0.25) is 4.21 Å². The fourth-order valence-electron chi connectivity index (χ4n) is 2.22. The van der Waals surface area contributed by atoms with Gasteiger partial charge >= 0.3 is 0 Å². The average Bonchev–Trinajstić information content (AvgIpc) is 2.44. The molecule has 0 aliphatic heterocycles. The van der Waals surface area contributed by atoms with E-state index in [2.05, 4.69) is 57.3 Å². The van der Waals surface area contributed by atoms with Crippen molar-refractivity contribution in [2.45, 2.75) is 51.8 Å². The van der Waals surface area contributed by atoms with E-state index >= 15 is 0 Å². The summed E-state index contributed by atoms with van der Waals surface area (Å²) in [6.07, 6.45) is 2.08. The highest BCUT2D eigenvalue weighted by Gasteiger charge is 2.16. The first-order valence-corrected chi connectivity index (χ1v) is 8.99. The number of hydrogen-bond donors (Lipinski definition) is 1. The fourth-order valence-corrected chi connectivity index (χ4v) is 3.61. The zero-order valence-electron chi connectivity index (χ0n) is 13.5. The second-order valence-corrected chi connectivity index (χ2v) is 7.85. The molecule has 3 atom stereocenters. The minimum atomic E-state index is -0.772. The first kappa shape index (κ1) is 17.4. The molecule has 114 valence electrons. The van der Waals surface area contributed by atoms with Crippen LogP contribution in [0.1, 0.15) is 51.3 Å². The fraction of sp³-hybridized carbons (Fsp3) is 0.647. The number of hydrogen-bond acceptors (Lipinski definition) is 2. The molecule has 0 aromatic heterocycles. The maximum atomic E-state index is 12.2. The smallest absolute Gasteiger partial charge is 0.0434 e. The Morgan fingerprint density at radius 2 is 1.75 bits per heavy atom. The van der Waals surface area contributed by atoms with Gasteiger partial charge in [-0.05, 0) is 36.9 Å². The molecule has 0 radical (unpaired) electrons. The molecular formula is C17H29NOS. The molecule has 0 saturated carbocycles. The molecule has 20 heavy (non-hydrogen) atoms. The minimum absolute atomic E-state index is 0.179. The maximum absolute atomic E-state index is 12.2. The second kappa shape index (κ2) is 8.58. The van der Waals surface area contributed by atoms with Gasteiger partial charge in [-0.15, -0.1) is 0 Å². The number of nitrogens with one attached hydrogen (secondary N) is 1. The quantitative estimate of drug-likeness (QED) is 0.792. The van der Waals surface area contributed by atoms with Gasteiger partial charge in [-0.1, -0.05) is 52.0 Å². The Hall–Kier alpha value is -0.670. The molecule has 0 fully saturated rings. The monoisotopic (exact) mass is 295 g/mol. The van der Waals surface area contributed by atoms with Crippen molar-refractivity contribution in [3.05, 3.63) is 35.4 Å². The summed E-state index contributed by atoms with van der Waals surface area (Å²) in [5.41, 5.74) is 2.61. The molecule has 1 N–H and O–H groups in total. The van der Waals surface area contributed by atoms with E-state index in [0.29, 0.717) is 11.7 Å². The van der Waals surface area contributed by atoms with E-state index in [-0.39, 0.29) is 11.3 Å². The molecule has 0 aliphatic carbocycles. The molecule has 0 bridgehead atoms. The van der Waals surface area contributed by atoms with Crippen LogP contribution < -0.4 is 5.32 Å². The van der Waals surface area contributed by atoms with E-state index < -0.39 is 10.8 Å². The van der Waals surface area contributed by atoms with Crippen molar-refractivity contribution in [2.24, 2.45) is 5.92 Å². The highest BCUT2D eigenvalue weighted by atomic mass is 32.2. The summed E-state index contributed by atoms with van der Waals surface area (Å²) >= 11 is 0. The molecule has 1 aromatic rings. The molecule has 1 aromatic carbocycles. The third-order valence-electron chi connectivity index (χ3n) is 3.73. The Morgan fingerprint density at radius 3 is 2.20 bits per heavy atom. The summed E-state index contributed by atoms with van der Waals surface area (Å²) in [6, 6.07) is 8.93. The molecule has 0 aliphatic rings. The highest BCUT2D eigenvalue weighted by molar-refractivity contribution is 7.85. The van der Waals surface area contributed by atoms with Crippen molar-refractivity contribution in [2.75, 3.05) is 12.8 Å². The Balaban J connectivity index is 2.72. The predicted molar refractivity (Wildman–Crippen MR) is 89.5 cm³/mol. The van der Waals surface area contributed by atoms with Crippen molar-refractivity contribution in [1.29, 1.82) is 0 Å². The van der Waals surface area contributed by atoms with Gasteiger partial charge < -0.3 is 5.32 Å². The van der Waals surface area contributed by atoms with Crippen molar-refractivity contribution >= 4 is 10.8 Å². The lowest BCUT2D eigenvalue weighted by Crippen LogP contribution is -2.26. The minimum Gasteiger partial charge on any atom is -0.312 e. The van der Waals surface area contributed by atoms with E-state index in [0.717, 1.165) is 12.8 Å². The van der Waals surface area contributed by atoms with Gasteiger partial charge in [0, 0.05) is 27.8 Å². The van der Waals surface area contributed by atoms with E-state index in [1.807, 2.05) is 7.05 Å². The van der Waals surface area contributed by atoms with Gasteiger partial charge in [0.25, 0.3) is 0 Å². The molecule has 3 unspecified atom stereocenters. The molecule has 0 heterocycles. The van der Waals surface area contributed by atoms with Crippen LogP contribution in [0.5, 0.6) is 0 Å². The molecule has 3 heteroatoms. The van der Waals surface area contributed by atoms with Gasteiger partial charge in [-0.2, -0.15) is 0 Å². The van der Waals surface area contributed by atoms with Gasteiger partial charge in [0.05, 0.1) is 0 Å². The maximum Gasteiger partial charge on any atom is 0.0434 e. The molecular weight excluding hydrogens is 266 g/mol. The van der Waals surface area contributed by atoms with Gasteiger partial charge in [0.1, 0.15) is 0 Å². The topological polar surface area (TPSA) is 29.1 Å². The molecule has 1 rings (SSSR count). The summed E-state index contributed by atoms with van der Waals surface area (Å²) in [7, 11) is 1.17. The molecule has 0 spiro atoms. The predicted octanol–water partition coefficient (Wildman–Crippen LogP) is 3.69. The van der Waals surface area contributed by atoms with Gasteiger partial charge in [0.2, 0.25) is 0 Å². The summed E-state index contributed by atoms with van der Waals surface area (Å²) in [4.78, 5) is 0. The van der Waals surface area contributed by atoms with Crippen molar-refractivity contribution in [3.8, 4) is 0 Å².